The lowest BCUT2D eigenvalue weighted by atomic mass is 10.0. The number of allylic oxidation sites excluding steroid dienone is 1. The molecule has 0 aliphatic carbocycles. The number of aliphatic carboxylic acids is 1. The fourth-order valence-electron chi connectivity index (χ4n) is 2.33. The first kappa shape index (κ1) is 13.2. The molecule has 4 heteroatoms. The van der Waals surface area contributed by atoms with Crippen LogP contribution < -0.4 is 4.74 Å². The summed E-state index contributed by atoms with van der Waals surface area (Å²) in [6.07, 6.45) is 1.23. The first-order valence-corrected chi connectivity index (χ1v) is 6.19. The molecular weight excluding hydrogens is 242 g/mol. The number of hydrogen-bond acceptors (Lipinski definition) is 2. The highest BCUT2D eigenvalue weighted by Crippen LogP contribution is 2.31. The van der Waals surface area contributed by atoms with Crippen LogP contribution in [0.3, 0.4) is 0 Å². The number of carbonyl (C=O) groups is 1. The summed E-state index contributed by atoms with van der Waals surface area (Å²) in [5, 5.41) is 9.86. The van der Waals surface area contributed by atoms with E-state index in [2.05, 4.69) is 4.98 Å². The molecule has 1 aromatic heterocycles. The molecule has 0 atom stereocenters. The van der Waals surface area contributed by atoms with Crippen LogP contribution >= 0.6 is 0 Å². The molecule has 0 saturated carbocycles. The van der Waals surface area contributed by atoms with E-state index >= 15 is 0 Å². The molecule has 0 bridgehead atoms. The van der Waals surface area contributed by atoms with Gasteiger partial charge >= 0.3 is 5.97 Å². The molecule has 19 heavy (non-hydrogen) atoms. The van der Waals surface area contributed by atoms with Crippen LogP contribution in [0.15, 0.2) is 24.3 Å². The van der Waals surface area contributed by atoms with Gasteiger partial charge in [-0.2, -0.15) is 0 Å². The van der Waals surface area contributed by atoms with Gasteiger partial charge in [-0.05, 0) is 44.5 Å². The van der Waals surface area contributed by atoms with E-state index in [4.69, 9.17) is 9.84 Å². The Labute approximate surface area is 111 Å². The number of rotatable bonds is 4. The van der Waals surface area contributed by atoms with Crippen LogP contribution in [0.5, 0.6) is 5.75 Å². The van der Waals surface area contributed by atoms with Crippen molar-refractivity contribution in [2.75, 3.05) is 6.61 Å². The smallest absolute Gasteiger partial charge is 0.328 e. The van der Waals surface area contributed by atoms with Crippen LogP contribution in [0.25, 0.3) is 16.5 Å². The van der Waals surface area contributed by atoms with E-state index in [1.165, 1.54) is 6.08 Å². The van der Waals surface area contributed by atoms with Gasteiger partial charge in [0.1, 0.15) is 5.75 Å². The normalized spacial score (nSPS) is 11.8. The first-order valence-electron chi connectivity index (χ1n) is 6.19. The van der Waals surface area contributed by atoms with Gasteiger partial charge in [0.15, 0.2) is 0 Å². The van der Waals surface area contributed by atoms with E-state index in [0.717, 1.165) is 33.5 Å². The third-order valence-corrected chi connectivity index (χ3v) is 3.00. The zero-order valence-corrected chi connectivity index (χ0v) is 11.3. The van der Waals surface area contributed by atoms with Crippen molar-refractivity contribution in [2.45, 2.75) is 20.8 Å². The van der Waals surface area contributed by atoms with E-state index in [1.54, 1.807) is 6.92 Å². The zero-order valence-electron chi connectivity index (χ0n) is 11.3. The summed E-state index contributed by atoms with van der Waals surface area (Å²) < 4.78 is 5.49. The maximum atomic E-state index is 10.8. The van der Waals surface area contributed by atoms with Gasteiger partial charge in [-0.1, -0.05) is 0 Å². The number of carboxylic acids is 1. The number of hydrogen-bond donors (Lipinski definition) is 2. The number of aromatic nitrogens is 1. The van der Waals surface area contributed by atoms with Crippen LogP contribution in [0, 0.1) is 6.92 Å². The van der Waals surface area contributed by atoms with Gasteiger partial charge in [0, 0.05) is 28.2 Å². The van der Waals surface area contributed by atoms with Crippen LogP contribution in [0.4, 0.5) is 0 Å². The molecule has 0 saturated heterocycles. The van der Waals surface area contributed by atoms with Crippen LogP contribution in [0.2, 0.25) is 0 Å². The minimum absolute atomic E-state index is 0.605. The lowest BCUT2D eigenvalue weighted by Gasteiger charge is -2.04. The number of H-pyrrole nitrogens is 1. The van der Waals surface area contributed by atoms with Gasteiger partial charge in [-0.3, -0.25) is 0 Å². The van der Waals surface area contributed by atoms with Crippen LogP contribution in [-0.2, 0) is 4.79 Å². The van der Waals surface area contributed by atoms with Crippen molar-refractivity contribution >= 4 is 22.4 Å². The molecule has 0 aliphatic heterocycles. The summed E-state index contributed by atoms with van der Waals surface area (Å²) in [4.78, 5) is 14.1. The highest BCUT2D eigenvalue weighted by molar-refractivity contribution is 5.99. The Balaban J connectivity index is 2.61. The summed E-state index contributed by atoms with van der Waals surface area (Å²) >= 11 is 0. The maximum Gasteiger partial charge on any atom is 0.328 e. The number of nitrogens with one attached hydrogen (secondary N) is 1. The number of fused-ring (bicyclic) bond motifs is 1. The molecule has 100 valence electrons. The molecule has 0 unspecified atom stereocenters. The van der Waals surface area contributed by atoms with E-state index in [0.29, 0.717) is 6.61 Å². The summed E-state index contributed by atoms with van der Waals surface area (Å²) in [7, 11) is 0. The fraction of sp³-hybridized carbons (Fsp3) is 0.267. The largest absolute Gasteiger partial charge is 0.494 e. The van der Waals surface area contributed by atoms with Gasteiger partial charge in [-0.25, -0.2) is 4.79 Å². The molecule has 2 rings (SSSR count). The quantitative estimate of drug-likeness (QED) is 0.827. The third kappa shape index (κ3) is 2.62. The third-order valence-electron chi connectivity index (χ3n) is 3.00. The number of ether oxygens (including phenoxy) is 1. The summed E-state index contributed by atoms with van der Waals surface area (Å²) in [5.41, 5.74) is 3.59. The minimum Gasteiger partial charge on any atom is -0.494 e. The van der Waals surface area contributed by atoms with E-state index in [1.807, 2.05) is 32.0 Å². The summed E-state index contributed by atoms with van der Waals surface area (Å²) in [5.74, 6) is -0.148. The topological polar surface area (TPSA) is 62.3 Å². The Kier molecular flexibility index (Phi) is 3.60. The highest BCUT2D eigenvalue weighted by atomic mass is 16.5. The average Bonchev–Trinajstić information content (AvgIpc) is 2.64. The van der Waals surface area contributed by atoms with E-state index in [9.17, 15) is 4.79 Å². The van der Waals surface area contributed by atoms with Gasteiger partial charge in [0.25, 0.3) is 0 Å². The molecule has 4 nitrogen and oxygen atoms in total. The standard InChI is InChI=1S/C15H17NO3/c1-4-19-11-5-6-13-12(8-11)15(10(3)16-13)9(2)7-14(17)18/h5-8,16H,4H2,1-3H3,(H,17,18)/b9-7+. The lowest BCUT2D eigenvalue weighted by Crippen LogP contribution is -1.92. The van der Waals surface area contributed by atoms with Gasteiger partial charge in [0.05, 0.1) is 6.61 Å². The number of aryl methyl sites for hydroxylation is 1. The summed E-state index contributed by atoms with van der Waals surface area (Å²) in [6, 6.07) is 5.80. The van der Waals surface area contributed by atoms with Crippen molar-refractivity contribution in [3.63, 3.8) is 0 Å². The van der Waals surface area contributed by atoms with Gasteiger partial charge in [-0.15, -0.1) is 0 Å². The summed E-state index contributed by atoms with van der Waals surface area (Å²) in [6.45, 7) is 6.28. The maximum absolute atomic E-state index is 10.8. The lowest BCUT2D eigenvalue weighted by molar-refractivity contribution is -0.131. The molecule has 0 radical (unpaired) electrons. The molecule has 0 amide bonds. The Morgan fingerprint density at radius 3 is 2.84 bits per heavy atom. The average molecular weight is 259 g/mol. The first-order chi connectivity index (χ1) is 9.02. The molecule has 0 aliphatic rings. The Bertz CT molecular complexity index is 653. The molecule has 2 aromatic rings. The molecule has 2 N–H and O–H groups in total. The van der Waals surface area contributed by atoms with E-state index < -0.39 is 5.97 Å². The van der Waals surface area contributed by atoms with Crippen LogP contribution in [0.1, 0.15) is 25.1 Å². The molecule has 0 spiro atoms. The molecule has 0 fully saturated rings. The second-order valence-corrected chi connectivity index (χ2v) is 4.43. The van der Waals surface area contributed by atoms with Crippen molar-refractivity contribution in [3.05, 3.63) is 35.5 Å². The second-order valence-electron chi connectivity index (χ2n) is 4.43. The van der Waals surface area contributed by atoms with Gasteiger partial charge < -0.3 is 14.8 Å². The Morgan fingerprint density at radius 2 is 2.21 bits per heavy atom. The van der Waals surface area contributed by atoms with Crippen molar-refractivity contribution < 1.29 is 14.6 Å². The minimum atomic E-state index is -0.938. The molecule has 1 aromatic carbocycles. The molecule has 1 heterocycles. The predicted molar refractivity (Wildman–Crippen MR) is 75.5 cm³/mol. The van der Waals surface area contributed by atoms with Crippen molar-refractivity contribution in [3.8, 4) is 5.75 Å². The zero-order chi connectivity index (χ0) is 14.0. The number of benzene rings is 1. The highest BCUT2D eigenvalue weighted by Gasteiger charge is 2.11. The predicted octanol–water partition coefficient (Wildman–Crippen LogP) is 3.36. The van der Waals surface area contributed by atoms with E-state index in [-0.39, 0.29) is 0 Å². The van der Waals surface area contributed by atoms with Crippen molar-refractivity contribution in [1.29, 1.82) is 0 Å². The van der Waals surface area contributed by atoms with Crippen molar-refractivity contribution in [1.82, 2.24) is 4.98 Å². The second kappa shape index (κ2) is 5.18. The van der Waals surface area contributed by atoms with Crippen LogP contribution in [-0.4, -0.2) is 22.7 Å². The van der Waals surface area contributed by atoms with Crippen molar-refractivity contribution in [2.24, 2.45) is 0 Å². The number of carboxylic acid groups (broad SMARTS) is 1. The fourth-order valence-corrected chi connectivity index (χ4v) is 2.33. The Hall–Kier alpha value is -2.23. The number of aromatic amines is 1. The Morgan fingerprint density at radius 1 is 1.47 bits per heavy atom. The van der Waals surface area contributed by atoms with Gasteiger partial charge in [0.2, 0.25) is 0 Å². The monoisotopic (exact) mass is 259 g/mol. The SMILES string of the molecule is CCOc1ccc2[nH]c(C)c(/C(C)=C/C(=O)O)c2c1. The molecular formula is C15H17NO3.